The van der Waals surface area contributed by atoms with Gasteiger partial charge in [0.25, 0.3) is 0 Å². The molecule has 0 aliphatic carbocycles. The first-order valence-electron chi connectivity index (χ1n) is 6.11. The molecule has 18 heavy (non-hydrogen) atoms. The van der Waals surface area contributed by atoms with Crippen LogP contribution in [-0.2, 0) is 9.53 Å². The zero-order valence-electron chi connectivity index (χ0n) is 10.3. The summed E-state index contributed by atoms with van der Waals surface area (Å²) < 4.78 is 4.92. The van der Waals surface area contributed by atoms with Crippen molar-refractivity contribution < 1.29 is 30.0 Å². The van der Waals surface area contributed by atoms with Crippen molar-refractivity contribution in [3.63, 3.8) is 0 Å². The van der Waals surface area contributed by atoms with Crippen LogP contribution in [-0.4, -0.2) is 63.6 Å². The summed E-state index contributed by atoms with van der Waals surface area (Å²) in [5.41, 5.74) is 0. The zero-order valence-corrected chi connectivity index (χ0v) is 10.3. The maximum Gasteiger partial charge on any atom is 0.220 e. The second-order valence-corrected chi connectivity index (χ2v) is 4.43. The first-order chi connectivity index (χ1) is 8.51. The van der Waals surface area contributed by atoms with Crippen molar-refractivity contribution in [2.24, 2.45) is 0 Å². The van der Waals surface area contributed by atoms with Gasteiger partial charge in [-0.05, 0) is 6.42 Å². The largest absolute Gasteiger partial charge is 0.394 e. The lowest BCUT2D eigenvalue weighted by molar-refractivity contribution is -0.253. The van der Waals surface area contributed by atoms with E-state index in [-0.39, 0.29) is 12.3 Å². The van der Waals surface area contributed by atoms with Crippen LogP contribution in [0.3, 0.4) is 0 Å². The number of rotatable bonds is 5. The molecule has 106 valence electrons. The molecule has 0 aromatic carbocycles. The minimum atomic E-state index is -1.45. The van der Waals surface area contributed by atoms with Gasteiger partial charge in [-0.15, -0.1) is 0 Å². The number of hydrogen-bond donors (Lipinski definition) is 5. The monoisotopic (exact) mass is 263 g/mol. The maximum absolute atomic E-state index is 11.5. The van der Waals surface area contributed by atoms with Gasteiger partial charge in [-0.3, -0.25) is 4.79 Å². The van der Waals surface area contributed by atoms with Crippen molar-refractivity contribution in [3.8, 4) is 0 Å². The average Bonchev–Trinajstić information content (AvgIpc) is 2.36. The summed E-state index contributed by atoms with van der Waals surface area (Å²) >= 11 is 0. The molecule has 0 spiro atoms. The molecule has 1 saturated heterocycles. The van der Waals surface area contributed by atoms with Crippen LogP contribution in [0.5, 0.6) is 0 Å². The summed E-state index contributed by atoms with van der Waals surface area (Å²) in [5.74, 6) is -0.321. The van der Waals surface area contributed by atoms with Gasteiger partial charge in [-0.25, -0.2) is 0 Å². The molecule has 0 aromatic rings. The zero-order chi connectivity index (χ0) is 13.7. The van der Waals surface area contributed by atoms with Crippen LogP contribution < -0.4 is 5.32 Å². The van der Waals surface area contributed by atoms with Gasteiger partial charge in [0.05, 0.1) is 6.61 Å². The number of nitrogens with one attached hydrogen (secondary N) is 1. The van der Waals surface area contributed by atoms with Gasteiger partial charge in [0.2, 0.25) is 5.91 Å². The van der Waals surface area contributed by atoms with Crippen molar-refractivity contribution in [2.45, 2.75) is 56.8 Å². The van der Waals surface area contributed by atoms with E-state index in [1.54, 1.807) is 0 Å². The molecule has 5 atom stereocenters. The van der Waals surface area contributed by atoms with Gasteiger partial charge in [-0.2, -0.15) is 0 Å². The van der Waals surface area contributed by atoms with E-state index in [1.807, 2.05) is 6.92 Å². The van der Waals surface area contributed by atoms with E-state index < -0.39 is 37.3 Å². The number of aliphatic hydroxyl groups excluding tert-OH is 4. The SMILES string of the molecule is CCCCC(=O)NC1C(O)OC(CO)C(O)C1O. The average molecular weight is 263 g/mol. The topological polar surface area (TPSA) is 119 Å². The van der Waals surface area contributed by atoms with Crippen molar-refractivity contribution in [1.29, 1.82) is 0 Å². The highest BCUT2D eigenvalue weighted by Crippen LogP contribution is 2.19. The normalized spacial score (nSPS) is 36.4. The van der Waals surface area contributed by atoms with Crippen LogP contribution in [0.15, 0.2) is 0 Å². The highest BCUT2D eigenvalue weighted by Gasteiger charge is 2.44. The Labute approximate surface area is 105 Å². The second kappa shape index (κ2) is 7.01. The van der Waals surface area contributed by atoms with E-state index >= 15 is 0 Å². The fourth-order valence-corrected chi connectivity index (χ4v) is 1.85. The molecule has 1 heterocycles. The summed E-state index contributed by atoms with van der Waals surface area (Å²) in [6.07, 6.45) is -3.40. The highest BCUT2D eigenvalue weighted by molar-refractivity contribution is 5.76. The third kappa shape index (κ3) is 3.63. The summed E-state index contributed by atoms with van der Waals surface area (Å²) in [7, 11) is 0. The molecule has 7 nitrogen and oxygen atoms in total. The Morgan fingerprint density at radius 2 is 1.94 bits per heavy atom. The summed E-state index contributed by atoms with van der Waals surface area (Å²) in [6, 6.07) is -1.09. The lowest BCUT2D eigenvalue weighted by Crippen LogP contribution is -2.64. The molecule has 0 radical (unpaired) electrons. The Balaban J connectivity index is 2.57. The smallest absolute Gasteiger partial charge is 0.220 e. The van der Waals surface area contributed by atoms with Gasteiger partial charge >= 0.3 is 0 Å². The van der Waals surface area contributed by atoms with E-state index in [9.17, 15) is 20.1 Å². The van der Waals surface area contributed by atoms with Gasteiger partial charge in [-0.1, -0.05) is 13.3 Å². The Morgan fingerprint density at radius 1 is 1.28 bits per heavy atom. The first kappa shape index (κ1) is 15.3. The Bertz CT molecular complexity index is 274. The van der Waals surface area contributed by atoms with Gasteiger partial charge in [0.1, 0.15) is 24.4 Å². The number of ether oxygens (including phenoxy) is 1. The number of amides is 1. The third-order valence-corrected chi connectivity index (χ3v) is 2.99. The number of unbranched alkanes of at least 4 members (excludes halogenated alkanes) is 1. The number of carbonyl (C=O) groups is 1. The Kier molecular flexibility index (Phi) is 5.97. The fraction of sp³-hybridized carbons (Fsp3) is 0.909. The molecule has 1 fully saturated rings. The van der Waals surface area contributed by atoms with Crippen molar-refractivity contribution in [2.75, 3.05) is 6.61 Å². The number of aliphatic hydroxyl groups is 4. The molecule has 5 N–H and O–H groups in total. The maximum atomic E-state index is 11.5. The summed E-state index contributed by atoms with van der Waals surface area (Å²) in [5, 5.41) is 40.3. The minimum Gasteiger partial charge on any atom is -0.394 e. The van der Waals surface area contributed by atoms with Crippen LogP contribution in [0.2, 0.25) is 0 Å². The molecule has 7 heteroatoms. The van der Waals surface area contributed by atoms with Crippen LogP contribution in [0.1, 0.15) is 26.2 Å². The molecule has 1 rings (SSSR count). The van der Waals surface area contributed by atoms with Gasteiger partial charge in [0, 0.05) is 6.42 Å². The lowest BCUT2D eigenvalue weighted by atomic mass is 9.97. The van der Waals surface area contributed by atoms with Crippen LogP contribution in [0, 0.1) is 0 Å². The Morgan fingerprint density at radius 3 is 2.50 bits per heavy atom. The molecular formula is C11H21NO6. The van der Waals surface area contributed by atoms with Gasteiger partial charge in [0.15, 0.2) is 6.29 Å². The van der Waals surface area contributed by atoms with E-state index in [0.717, 1.165) is 6.42 Å². The van der Waals surface area contributed by atoms with E-state index in [0.29, 0.717) is 6.42 Å². The number of carbonyl (C=O) groups excluding carboxylic acids is 1. The summed E-state index contributed by atoms with van der Waals surface area (Å²) in [6.45, 7) is 1.42. The minimum absolute atomic E-state index is 0.284. The molecule has 1 aliphatic rings. The molecule has 0 saturated carbocycles. The number of hydrogen-bond acceptors (Lipinski definition) is 6. The van der Waals surface area contributed by atoms with Crippen LogP contribution in [0.4, 0.5) is 0 Å². The quantitative estimate of drug-likeness (QED) is 0.395. The molecule has 5 unspecified atom stereocenters. The summed E-state index contributed by atoms with van der Waals surface area (Å²) in [4.78, 5) is 11.5. The molecule has 1 amide bonds. The van der Waals surface area contributed by atoms with Crippen molar-refractivity contribution >= 4 is 5.91 Å². The van der Waals surface area contributed by atoms with E-state index in [1.165, 1.54) is 0 Å². The standard InChI is InChI=1S/C11H21NO6/c1-2-3-4-7(14)12-8-10(16)9(15)6(5-13)18-11(8)17/h6,8-11,13,15-17H,2-5H2,1H3,(H,12,14). The van der Waals surface area contributed by atoms with E-state index in [4.69, 9.17) is 9.84 Å². The third-order valence-electron chi connectivity index (χ3n) is 2.99. The molecule has 0 aromatic heterocycles. The molecule has 0 bridgehead atoms. The lowest BCUT2D eigenvalue weighted by Gasteiger charge is -2.40. The Hall–Kier alpha value is -0.730. The van der Waals surface area contributed by atoms with Crippen molar-refractivity contribution in [1.82, 2.24) is 5.32 Å². The molecule has 1 aliphatic heterocycles. The molecular weight excluding hydrogens is 242 g/mol. The van der Waals surface area contributed by atoms with Gasteiger partial charge < -0.3 is 30.5 Å². The van der Waals surface area contributed by atoms with Crippen LogP contribution in [0.25, 0.3) is 0 Å². The van der Waals surface area contributed by atoms with Crippen molar-refractivity contribution in [3.05, 3.63) is 0 Å². The fourth-order valence-electron chi connectivity index (χ4n) is 1.85. The first-order valence-corrected chi connectivity index (χ1v) is 6.11. The van der Waals surface area contributed by atoms with Crippen LogP contribution >= 0.6 is 0 Å². The highest BCUT2D eigenvalue weighted by atomic mass is 16.6. The van der Waals surface area contributed by atoms with E-state index in [2.05, 4.69) is 5.32 Å². The predicted octanol–water partition coefficient (Wildman–Crippen LogP) is -1.91. The predicted molar refractivity (Wildman–Crippen MR) is 61.4 cm³/mol. The second-order valence-electron chi connectivity index (χ2n) is 4.43.